The van der Waals surface area contributed by atoms with E-state index in [0.717, 1.165) is 10.6 Å². The summed E-state index contributed by atoms with van der Waals surface area (Å²) in [7, 11) is 0. The molecule has 21 heavy (non-hydrogen) atoms. The highest BCUT2D eigenvalue weighted by molar-refractivity contribution is 5.92. The molecule has 0 atom stereocenters. The molecule has 7 heteroatoms. The predicted molar refractivity (Wildman–Crippen MR) is 72.2 cm³/mol. The first-order chi connectivity index (χ1) is 9.81. The molecule has 2 aromatic heterocycles. The largest absolute Gasteiger partial charge is 0.390 e. The van der Waals surface area contributed by atoms with Gasteiger partial charge in [-0.2, -0.15) is 13.2 Å². The van der Waals surface area contributed by atoms with Crippen molar-refractivity contribution in [1.29, 1.82) is 0 Å². The van der Waals surface area contributed by atoms with Gasteiger partial charge >= 0.3 is 6.18 Å². The van der Waals surface area contributed by atoms with E-state index in [2.05, 4.69) is 4.98 Å². The fourth-order valence-corrected chi connectivity index (χ4v) is 2.08. The van der Waals surface area contributed by atoms with Crippen molar-refractivity contribution in [2.45, 2.75) is 26.4 Å². The summed E-state index contributed by atoms with van der Waals surface area (Å²) in [5.74, 6) is -0.482. The third kappa shape index (κ3) is 3.53. The molecule has 0 aliphatic heterocycles. The van der Waals surface area contributed by atoms with Gasteiger partial charge in [-0.05, 0) is 26.0 Å². The number of alkyl halides is 3. The van der Waals surface area contributed by atoms with Crippen LogP contribution in [-0.4, -0.2) is 39.5 Å². The Balaban J connectivity index is 2.21. The van der Waals surface area contributed by atoms with E-state index in [0.29, 0.717) is 5.65 Å². The van der Waals surface area contributed by atoms with Crippen LogP contribution in [0.4, 0.5) is 13.2 Å². The summed E-state index contributed by atoms with van der Waals surface area (Å²) in [5.41, 5.74) is 1.66. The molecule has 0 fully saturated rings. The third-order valence-corrected chi connectivity index (χ3v) is 3.25. The van der Waals surface area contributed by atoms with E-state index in [1.807, 2.05) is 19.1 Å². The van der Waals surface area contributed by atoms with E-state index in [9.17, 15) is 18.0 Å². The van der Waals surface area contributed by atoms with Crippen molar-refractivity contribution in [2.24, 2.45) is 0 Å². The normalized spacial score (nSPS) is 11.9. The Morgan fingerprint density at radius 2 is 2.10 bits per heavy atom. The number of carbonyl (C=O) groups is 1. The van der Waals surface area contributed by atoms with Crippen LogP contribution in [0.5, 0.6) is 0 Å². The number of aromatic nitrogens is 2. The zero-order valence-corrected chi connectivity index (χ0v) is 11.8. The maximum absolute atomic E-state index is 12.3. The molecule has 114 valence electrons. The number of carbonyl (C=O) groups excluding carboxylic acids is 1. The van der Waals surface area contributed by atoms with Crippen molar-refractivity contribution < 1.29 is 18.0 Å². The Bertz CT molecular complexity index is 648. The van der Waals surface area contributed by atoms with Gasteiger partial charge in [0.2, 0.25) is 0 Å². The number of pyridine rings is 1. The molecule has 0 spiro atoms. The van der Waals surface area contributed by atoms with Crippen LogP contribution in [0.15, 0.2) is 24.4 Å². The molecule has 2 rings (SSSR count). The van der Waals surface area contributed by atoms with Crippen molar-refractivity contribution in [3.05, 3.63) is 35.8 Å². The van der Waals surface area contributed by atoms with E-state index >= 15 is 0 Å². The topological polar surface area (TPSA) is 37.6 Å². The molecule has 0 aliphatic carbocycles. The van der Waals surface area contributed by atoms with E-state index < -0.39 is 18.5 Å². The van der Waals surface area contributed by atoms with Crippen molar-refractivity contribution >= 4 is 11.6 Å². The van der Waals surface area contributed by atoms with Crippen LogP contribution < -0.4 is 0 Å². The molecule has 4 nitrogen and oxygen atoms in total. The molecular formula is C14H16F3N3O. The average Bonchev–Trinajstić information content (AvgIpc) is 2.83. The monoisotopic (exact) mass is 299 g/mol. The van der Waals surface area contributed by atoms with Crippen molar-refractivity contribution in [3.8, 4) is 0 Å². The number of hydrogen-bond acceptors (Lipinski definition) is 2. The first-order valence-corrected chi connectivity index (χ1v) is 6.62. The molecule has 0 N–H and O–H groups in total. The number of fused-ring (bicyclic) bond motifs is 1. The Kier molecular flexibility index (Phi) is 4.20. The van der Waals surface area contributed by atoms with Crippen LogP contribution in [0.1, 0.15) is 29.5 Å². The van der Waals surface area contributed by atoms with Crippen LogP contribution >= 0.6 is 0 Å². The minimum absolute atomic E-state index is 0.160. The molecule has 0 unspecified atom stereocenters. The lowest BCUT2D eigenvalue weighted by atomic mass is 10.3. The Labute approximate surface area is 120 Å². The summed E-state index contributed by atoms with van der Waals surface area (Å²) in [6.07, 6.45) is -3.73. The van der Waals surface area contributed by atoms with E-state index in [4.69, 9.17) is 0 Å². The second kappa shape index (κ2) is 5.75. The maximum Gasteiger partial charge on any atom is 0.390 e. The second-order valence-corrected chi connectivity index (χ2v) is 4.77. The summed E-state index contributed by atoms with van der Waals surface area (Å²) >= 11 is 0. The van der Waals surface area contributed by atoms with Gasteiger partial charge in [0.05, 0.1) is 6.42 Å². The minimum atomic E-state index is -4.27. The first kappa shape index (κ1) is 15.3. The molecule has 0 bridgehead atoms. The zero-order chi connectivity index (χ0) is 15.6. The number of imidazole rings is 1. The lowest BCUT2D eigenvalue weighted by molar-refractivity contribution is -0.136. The highest BCUT2D eigenvalue weighted by atomic mass is 19.4. The van der Waals surface area contributed by atoms with Crippen LogP contribution in [-0.2, 0) is 0 Å². The number of halogens is 3. The van der Waals surface area contributed by atoms with Crippen LogP contribution in [0, 0.1) is 6.92 Å². The third-order valence-electron chi connectivity index (χ3n) is 3.25. The molecule has 0 aliphatic rings. The van der Waals surface area contributed by atoms with Crippen LogP contribution in [0.3, 0.4) is 0 Å². The van der Waals surface area contributed by atoms with Gasteiger partial charge in [-0.1, -0.05) is 6.07 Å². The van der Waals surface area contributed by atoms with Gasteiger partial charge in [0.1, 0.15) is 11.3 Å². The van der Waals surface area contributed by atoms with Crippen LogP contribution in [0.2, 0.25) is 0 Å². The van der Waals surface area contributed by atoms with Gasteiger partial charge in [-0.25, -0.2) is 4.98 Å². The fourth-order valence-electron chi connectivity index (χ4n) is 2.08. The summed E-state index contributed by atoms with van der Waals surface area (Å²) < 4.78 is 38.6. The van der Waals surface area contributed by atoms with E-state index in [-0.39, 0.29) is 18.8 Å². The van der Waals surface area contributed by atoms with Gasteiger partial charge in [-0.3, -0.25) is 4.79 Å². The van der Waals surface area contributed by atoms with E-state index in [1.54, 1.807) is 23.6 Å². The number of aryl methyl sites for hydroxylation is 1. The number of nitrogens with zero attached hydrogens (tertiary/aromatic N) is 3. The van der Waals surface area contributed by atoms with Crippen molar-refractivity contribution in [3.63, 3.8) is 0 Å². The highest BCUT2D eigenvalue weighted by Crippen LogP contribution is 2.20. The minimum Gasteiger partial charge on any atom is -0.337 e. The average molecular weight is 299 g/mol. The molecule has 0 radical (unpaired) electrons. The summed E-state index contributed by atoms with van der Waals surface area (Å²) in [5, 5.41) is 0. The lowest BCUT2D eigenvalue weighted by Crippen LogP contribution is -2.34. The number of hydrogen-bond donors (Lipinski definition) is 0. The summed E-state index contributed by atoms with van der Waals surface area (Å²) in [4.78, 5) is 17.6. The second-order valence-electron chi connectivity index (χ2n) is 4.77. The molecule has 0 saturated heterocycles. The standard InChI is InChI=1S/C14H16F3N3O/c1-3-19(8-7-14(15,16)17)13(21)11-9-20-10(2)5-4-6-12(20)18-11/h4-6,9H,3,7-8H2,1-2H3. The molecule has 2 aromatic rings. The zero-order valence-electron chi connectivity index (χ0n) is 11.8. The number of amides is 1. The lowest BCUT2D eigenvalue weighted by Gasteiger charge is -2.20. The predicted octanol–water partition coefficient (Wildman–Crippen LogP) is 3.06. The SMILES string of the molecule is CCN(CCC(F)(F)F)C(=O)c1cn2c(C)cccc2n1. The smallest absolute Gasteiger partial charge is 0.337 e. The Morgan fingerprint density at radius 3 is 2.67 bits per heavy atom. The highest BCUT2D eigenvalue weighted by Gasteiger charge is 2.29. The van der Waals surface area contributed by atoms with Gasteiger partial charge in [0, 0.05) is 25.0 Å². The molecular weight excluding hydrogens is 283 g/mol. The maximum atomic E-state index is 12.3. The first-order valence-electron chi connectivity index (χ1n) is 6.62. The Hall–Kier alpha value is -2.05. The van der Waals surface area contributed by atoms with Gasteiger partial charge in [0.25, 0.3) is 5.91 Å². The summed E-state index contributed by atoms with van der Waals surface area (Å²) in [6.45, 7) is 3.37. The van der Waals surface area contributed by atoms with E-state index in [1.165, 1.54) is 0 Å². The number of rotatable bonds is 4. The molecule has 1 amide bonds. The van der Waals surface area contributed by atoms with Gasteiger partial charge in [-0.15, -0.1) is 0 Å². The van der Waals surface area contributed by atoms with Gasteiger partial charge in [0.15, 0.2) is 0 Å². The Morgan fingerprint density at radius 1 is 1.38 bits per heavy atom. The molecule has 0 aromatic carbocycles. The molecule has 0 saturated carbocycles. The fraction of sp³-hybridized carbons (Fsp3) is 0.429. The quantitative estimate of drug-likeness (QED) is 0.870. The van der Waals surface area contributed by atoms with Crippen LogP contribution in [0.25, 0.3) is 5.65 Å². The summed E-state index contributed by atoms with van der Waals surface area (Å²) in [6, 6.07) is 5.42. The van der Waals surface area contributed by atoms with Crippen molar-refractivity contribution in [2.75, 3.05) is 13.1 Å². The molecule has 2 heterocycles. The van der Waals surface area contributed by atoms with Gasteiger partial charge < -0.3 is 9.30 Å². The van der Waals surface area contributed by atoms with Crippen molar-refractivity contribution in [1.82, 2.24) is 14.3 Å².